The third-order valence-electron chi connectivity index (χ3n) is 9.64. The topological polar surface area (TPSA) is 74.6 Å². The van der Waals surface area contributed by atoms with Crippen LogP contribution in [0.3, 0.4) is 0 Å². The van der Waals surface area contributed by atoms with Crippen LogP contribution in [0.25, 0.3) is 0 Å². The molecule has 2 N–H and O–H groups in total. The Labute approximate surface area is 276 Å². The van der Waals surface area contributed by atoms with Crippen LogP contribution in [0.2, 0.25) is 0 Å². The van der Waals surface area contributed by atoms with Gasteiger partial charge in [0, 0.05) is 10.5 Å². The third kappa shape index (κ3) is 22.7. The molecule has 256 valence electrons. The van der Waals surface area contributed by atoms with Gasteiger partial charge in [0.15, 0.2) is 0 Å². The second-order valence-corrected chi connectivity index (χ2v) is 15.9. The molecule has 0 fully saturated rings. The van der Waals surface area contributed by atoms with Gasteiger partial charge in [-0.3, -0.25) is 9.59 Å². The van der Waals surface area contributed by atoms with Crippen LogP contribution in [0.4, 0.5) is 0 Å². The molecule has 0 spiro atoms. The van der Waals surface area contributed by atoms with Crippen molar-refractivity contribution in [3.63, 3.8) is 0 Å². The van der Waals surface area contributed by atoms with Crippen LogP contribution in [0, 0.1) is 23.7 Å². The van der Waals surface area contributed by atoms with Gasteiger partial charge in [0.25, 0.3) is 0 Å². The molecule has 0 radical (unpaired) electrons. The summed E-state index contributed by atoms with van der Waals surface area (Å²) < 4.78 is 0. The Morgan fingerprint density at radius 2 is 0.814 bits per heavy atom. The van der Waals surface area contributed by atoms with Gasteiger partial charge in [0.1, 0.15) is 0 Å². The molecule has 0 rings (SSSR count). The summed E-state index contributed by atoms with van der Waals surface area (Å²) in [7, 11) is 0. The van der Waals surface area contributed by atoms with Gasteiger partial charge in [-0.15, -0.1) is 0 Å². The average molecular weight is 645 g/mol. The van der Waals surface area contributed by atoms with Gasteiger partial charge in [-0.05, 0) is 49.0 Å². The number of carboxylic acids is 2. The maximum Gasteiger partial charge on any atom is 0.307 e. The lowest BCUT2D eigenvalue weighted by atomic mass is 9.93. The third-order valence-corrected chi connectivity index (χ3v) is 12.8. The van der Waals surface area contributed by atoms with Crippen LogP contribution in [0.1, 0.15) is 176 Å². The van der Waals surface area contributed by atoms with E-state index in [0.29, 0.717) is 0 Å². The predicted molar refractivity (Wildman–Crippen MR) is 193 cm³/mol. The molecule has 0 aromatic heterocycles. The first-order chi connectivity index (χ1) is 20.7. The molecule has 0 aromatic carbocycles. The van der Waals surface area contributed by atoms with Gasteiger partial charge in [0.05, 0.1) is 11.8 Å². The van der Waals surface area contributed by atoms with Crippen molar-refractivity contribution in [3.05, 3.63) is 0 Å². The number of hydrogen-bond acceptors (Lipinski definition) is 4. The van der Waals surface area contributed by atoms with Crippen LogP contribution in [-0.2, 0) is 9.59 Å². The summed E-state index contributed by atoms with van der Waals surface area (Å²) in [6.45, 7) is 12.9. The molecule has 0 aliphatic heterocycles. The van der Waals surface area contributed by atoms with E-state index in [2.05, 4.69) is 27.7 Å². The number of carboxylic acid groups (broad SMARTS) is 2. The lowest BCUT2D eigenvalue weighted by Gasteiger charge is -2.22. The molecular formula is C37H72O4S2. The van der Waals surface area contributed by atoms with Crippen molar-refractivity contribution in [1.82, 2.24) is 0 Å². The van der Waals surface area contributed by atoms with E-state index in [-0.39, 0.29) is 22.3 Å². The largest absolute Gasteiger partial charge is 0.481 e. The maximum absolute atomic E-state index is 11.8. The summed E-state index contributed by atoms with van der Waals surface area (Å²) in [5.41, 5.74) is 0. The van der Waals surface area contributed by atoms with Crippen LogP contribution in [0.5, 0.6) is 0 Å². The molecule has 0 saturated heterocycles. The molecule has 0 heterocycles. The first-order valence-electron chi connectivity index (χ1n) is 18.4. The molecule has 0 bridgehead atoms. The summed E-state index contributed by atoms with van der Waals surface area (Å²) >= 11 is 3.74. The van der Waals surface area contributed by atoms with Gasteiger partial charge in [-0.25, -0.2) is 0 Å². The smallest absolute Gasteiger partial charge is 0.307 e. The second-order valence-electron chi connectivity index (χ2n) is 13.2. The molecule has 6 unspecified atom stereocenters. The SMILES string of the molecule is CCCCC(CC)CCCCCSC(CCCCCC(SCCCCCC(CC)CCCC)C(C)C(=O)O)C(C)C(=O)O. The Balaban J connectivity index is 4.42. The number of unbranched alkanes of at least 4 members (excludes halogenated alkanes) is 8. The predicted octanol–water partition coefficient (Wildman–Crippen LogP) is 12.1. The van der Waals surface area contributed by atoms with E-state index >= 15 is 0 Å². The fourth-order valence-corrected chi connectivity index (χ4v) is 8.95. The van der Waals surface area contributed by atoms with E-state index in [0.717, 1.165) is 55.4 Å². The van der Waals surface area contributed by atoms with E-state index in [1.807, 2.05) is 37.4 Å². The fourth-order valence-electron chi connectivity index (χ4n) is 6.13. The van der Waals surface area contributed by atoms with Crippen molar-refractivity contribution < 1.29 is 19.8 Å². The summed E-state index contributed by atoms with van der Waals surface area (Å²) in [6.07, 6.45) is 25.7. The minimum Gasteiger partial charge on any atom is -0.481 e. The standard InChI is InChI=1S/C37H72O4S2/c1-7-11-22-32(9-3)24-16-14-20-28-42-34(30(5)36(38)39)26-18-13-19-27-35(31(6)37(40)41)43-29-21-15-17-25-33(10-4)23-12-8-2/h30-35H,7-29H2,1-6H3,(H,38,39)(H,40,41). The molecule has 0 aromatic rings. The van der Waals surface area contributed by atoms with Crippen LogP contribution in [-0.4, -0.2) is 44.2 Å². The molecule has 6 atom stereocenters. The quantitative estimate of drug-likeness (QED) is 0.0710. The Kier molecular flexibility index (Phi) is 28.8. The zero-order valence-electron chi connectivity index (χ0n) is 29.3. The van der Waals surface area contributed by atoms with Crippen molar-refractivity contribution in [2.45, 2.75) is 187 Å². The van der Waals surface area contributed by atoms with Crippen molar-refractivity contribution in [3.8, 4) is 0 Å². The molecule has 43 heavy (non-hydrogen) atoms. The maximum atomic E-state index is 11.8. The Hall–Kier alpha value is -0.360. The molecular weight excluding hydrogens is 573 g/mol. The van der Waals surface area contributed by atoms with Crippen molar-refractivity contribution in [2.24, 2.45) is 23.7 Å². The van der Waals surface area contributed by atoms with Crippen LogP contribution < -0.4 is 0 Å². The number of thioether (sulfide) groups is 2. The lowest BCUT2D eigenvalue weighted by Crippen LogP contribution is -2.24. The summed E-state index contributed by atoms with van der Waals surface area (Å²) in [5.74, 6) is 1.86. The van der Waals surface area contributed by atoms with Gasteiger partial charge in [0.2, 0.25) is 0 Å². The molecule has 0 aliphatic rings. The van der Waals surface area contributed by atoms with Crippen LogP contribution >= 0.6 is 23.5 Å². The zero-order valence-corrected chi connectivity index (χ0v) is 30.9. The Bertz CT molecular complexity index is 605. The van der Waals surface area contributed by atoms with Crippen molar-refractivity contribution in [2.75, 3.05) is 11.5 Å². The number of rotatable bonds is 32. The number of hydrogen-bond donors (Lipinski definition) is 2. The first kappa shape index (κ1) is 42.6. The van der Waals surface area contributed by atoms with E-state index in [4.69, 9.17) is 0 Å². The highest BCUT2D eigenvalue weighted by atomic mass is 32.2. The highest BCUT2D eigenvalue weighted by Crippen LogP contribution is 2.30. The highest BCUT2D eigenvalue weighted by molar-refractivity contribution is 8.00. The fraction of sp³-hybridized carbons (Fsp3) is 0.946. The average Bonchev–Trinajstić information content (AvgIpc) is 3.00. The minimum atomic E-state index is -0.683. The van der Waals surface area contributed by atoms with E-state index in [1.54, 1.807) is 0 Å². The van der Waals surface area contributed by atoms with Gasteiger partial charge in [-0.1, -0.05) is 151 Å². The van der Waals surface area contributed by atoms with Crippen molar-refractivity contribution >= 4 is 35.5 Å². The van der Waals surface area contributed by atoms with E-state index in [9.17, 15) is 19.8 Å². The summed E-state index contributed by atoms with van der Waals surface area (Å²) in [5, 5.41) is 19.7. The number of carbonyl (C=O) groups is 2. The highest BCUT2D eigenvalue weighted by Gasteiger charge is 2.25. The van der Waals surface area contributed by atoms with Gasteiger partial charge >= 0.3 is 11.9 Å². The normalized spacial score (nSPS) is 16.0. The zero-order chi connectivity index (χ0) is 32.3. The number of aliphatic carboxylic acids is 2. The summed E-state index contributed by atoms with van der Waals surface area (Å²) in [6, 6.07) is 0. The van der Waals surface area contributed by atoms with Crippen LogP contribution in [0.15, 0.2) is 0 Å². The second kappa shape index (κ2) is 29.1. The van der Waals surface area contributed by atoms with Gasteiger partial charge < -0.3 is 10.2 Å². The Morgan fingerprint density at radius 1 is 0.488 bits per heavy atom. The molecule has 4 nitrogen and oxygen atoms in total. The van der Waals surface area contributed by atoms with Gasteiger partial charge in [-0.2, -0.15) is 23.5 Å². The van der Waals surface area contributed by atoms with E-state index in [1.165, 1.54) is 103 Å². The molecule has 0 amide bonds. The lowest BCUT2D eigenvalue weighted by molar-refractivity contribution is -0.142. The Morgan fingerprint density at radius 3 is 1.14 bits per heavy atom. The first-order valence-corrected chi connectivity index (χ1v) is 20.5. The van der Waals surface area contributed by atoms with E-state index < -0.39 is 11.9 Å². The van der Waals surface area contributed by atoms with Crippen molar-refractivity contribution in [1.29, 1.82) is 0 Å². The monoisotopic (exact) mass is 644 g/mol. The minimum absolute atomic E-state index is 0.169. The molecule has 0 saturated carbocycles. The molecule has 0 aliphatic carbocycles. The summed E-state index contributed by atoms with van der Waals surface area (Å²) in [4.78, 5) is 23.5. The molecule has 6 heteroatoms.